The van der Waals surface area contributed by atoms with E-state index in [1.807, 2.05) is 0 Å². The van der Waals surface area contributed by atoms with Gasteiger partial charge >= 0.3 is 23.9 Å². The molecule has 0 radical (unpaired) electrons. The van der Waals surface area contributed by atoms with Gasteiger partial charge in [0.1, 0.15) is 23.0 Å². The molecule has 9 nitrogen and oxygen atoms in total. The van der Waals surface area contributed by atoms with E-state index in [9.17, 15) is 24.0 Å². The van der Waals surface area contributed by atoms with Crippen LogP contribution in [0.2, 0.25) is 0 Å². The third-order valence-electron chi connectivity index (χ3n) is 5.94. The van der Waals surface area contributed by atoms with E-state index in [1.54, 1.807) is 54.6 Å². The lowest BCUT2D eigenvalue weighted by molar-refractivity contribution is 0.0425. The maximum Gasteiger partial charge on any atom is 0.347 e. The highest BCUT2D eigenvalue weighted by atomic mass is 16.6. The van der Waals surface area contributed by atoms with Crippen LogP contribution in [-0.4, -0.2) is 29.7 Å². The molecule has 0 amide bonds. The molecule has 0 bridgehead atoms. The number of cyclic esters (lactones) is 4. The van der Waals surface area contributed by atoms with Crippen molar-refractivity contribution in [1.82, 2.24) is 0 Å². The fraction of sp³-hybridized carbons (Fsp3) is 0. The summed E-state index contributed by atoms with van der Waals surface area (Å²) in [5.41, 5.74) is 1.20. The average molecular weight is 506 g/mol. The summed E-state index contributed by atoms with van der Waals surface area (Å²) < 4.78 is 20.8. The van der Waals surface area contributed by atoms with Gasteiger partial charge in [-0.25, -0.2) is 19.2 Å². The number of esters is 4. The van der Waals surface area contributed by atoms with Gasteiger partial charge in [-0.2, -0.15) is 0 Å². The molecule has 0 spiro atoms. The van der Waals surface area contributed by atoms with Crippen molar-refractivity contribution in [3.63, 3.8) is 0 Å². The highest BCUT2D eigenvalue weighted by molar-refractivity contribution is 6.15. The number of benzene rings is 4. The summed E-state index contributed by atoms with van der Waals surface area (Å²) in [7, 11) is 0. The molecule has 2 heterocycles. The molecule has 2 aliphatic heterocycles. The first-order chi connectivity index (χ1) is 18.4. The van der Waals surface area contributed by atoms with E-state index in [0.717, 1.165) is 0 Å². The Labute approximate surface area is 214 Å². The number of carbonyl (C=O) groups is 5. The van der Waals surface area contributed by atoms with E-state index in [-0.39, 0.29) is 45.1 Å². The van der Waals surface area contributed by atoms with Crippen LogP contribution >= 0.6 is 0 Å². The Morgan fingerprint density at radius 3 is 1.63 bits per heavy atom. The third kappa shape index (κ3) is 3.97. The van der Waals surface area contributed by atoms with Crippen LogP contribution in [0.4, 0.5) is 0 Å². The van der Waals surface area contributed by atoms with Crippen LogP contribution in [0.3, 0.4) is 0 Å². The third-order valence-corrected chi connectivity index (χ3v) is 5.94. The van der Waals surface area contributed by atoms with Crippen molar-refractivity contribution in [1.29, 1.82) is 0 Å². The summed E-state index contributed by atoms with van der Waals surface area (Å²) in [4.78, 5) is 60.2. The van der Waals surface area contributed by atoms with E-state index in [2.05, 4.69) is 9.47 Å². The topological polar surface area (TPSA) is 122 Å². The Bertz CT molecular complexity index is 1700. The van der Waals surface area contributed by atoms with Crippen molar-refractivity contribution in [2.45, 2.75) is 0 Å². The fourth-order valence-corrected chi connectivity index (χ4v) is 4.09. The van der Waals surface area contributed by atoms with Gasteiger partial charge in [0, 0.05) is 5.56 Å². The second-order valence-corrected chi connectivity index (χ2v) is 8.32. The van der Waals surface area contributed by atoms with Gasteiger partial charge in [0.2, 0.25) is 0 Å². The molecule has 0 saturated heterocycles. The molecule has 0 saturated carbocycles. The predicted octanol–water partition coefficient (Wildman–Crippen LogP) is 5.12. The van der Waals surface area contributed by atoms with Gasteiger partial charge < -0.3 is 18.9 Å². The Morgan fingerprint density at radius 2 is 1.03 bits per heavy atom. The van der Waals surface area contributed by atoms with Gasteiger partial charge in [0.05, 0.1) is 27.8 Å². The van der Waals surface area contributed by atoms with Crippen molar-refractivity contribution >= 4 is 29.7 Å². The number of ketones is 1. The van der Waals surface area contributed by atoms with E-state index < -0.39 is 23.9 Å². The smallest absolute Gasteiger partial charge is 0.347 e. The minimum atomic E-state index is -0.754. The maximum absolute atomic E-state index is 13.3. The zero-order valence-corrected chi connectivity index (χ0v) is 19.3. The van der Waals surface area contributed by atoms with Crippen LogP contribution in [0.5, 0.6) is 23.0 Å². The molecule has 38 heavy (non-hydrogen) atoms. The van der Waals surface area contributed by atoms with Gasteiger partial charge in [-0.3, -0.25) is 4.79 Å². The van der Waals surface area contributed by atoms with Crippen LogP contribution in [0, 0.1) is 0 Å². The molecule has 0 aliphatic carbocycles. The zero-order valence-electron chi connectivity index (χ0n) is 19.3. The number of fused-ring (bicyclic) bond motifs is 2. The fourth-order valence-electron chi connectivity index (χ4n) is 4.09. The van der Waals surface area contributed by atoms with E-state index in [0.29, 0.717) is 17.1 Å². The van der Waals surface area contributed by atoms with Crippen molar-refractivity contribution < 1.29 is 42.9 Å². The largest absolute Gasteiger partial charge is 0.457 e. The molecule has 0 aromatic heterocycles. The number of hydrogen-bond acceptors (Lipinski definition) is 9. The summed E-state index contributed by atoms with van der Waals surface area (Å²) in [6.07, 6.45) is 0. The normalized spacial score (nSPS) is 13.5. The lowest BCUT2D eigenvalue weighted by Gasteiger charge is -2.11. The average Bonchev–Trinajstić information content (AvgIpc) is 3.37. The molecule has 9 heteroatoms. The van der Waals surface area contributed by atoms with Crippen LogP contribution in [-0.2, 0) is 9.47 Å². The first-order valence-electron chi connectivity index (χ1n) is 11.3. The van der Waals surface area contributed by atoms with Crippen molar-refractivity contribution in [2.24, 2.45) is 0 Å². The van der Waals surface area contributed by atoms with E-state index in [4.69, 9.17) is 9.47 Å². The molecule has 0 unspecified atom stereocenters. The predicted molar refractivity (Wildman–Crippen MR) is 129 cm³/mol. The van der Waals surface area contributed by atoms with Crippen LogP contribution in [0.25, 0.3) is 0 Å². The van der Waals surface area contributed by atoms with Crippen molar-refractivity contribution in [2.75, 3.05) is 0 Å². The van der Waals surface area contributed by atoms with Gasteiger partial charge in [-0.15, -0.1) is 0 Å². The zero-order chi connectivity index (χ0) is 26.4. The number of hydrogen-bond donors (Lipinski definition) is 0. The standard InChI is InChI=1S/C29H14O9/c30-25(15-5-7-16(8-6-15)35-17-9-11-19-22(13-17)28(33)37-26(19)31)21-3-1-2-4-24(21)36-18-10-12-20-23(14-18)29(34)38-27(20)32/h1-14H. The second-order valence-electron chi connectivity index (χ2n) is 8.32. The van der Waals surface area contributed by atoms with Gasteiger partial charge in [0.25, 0.3) is 0 Å². The molecule has 4 aromatic carbocycles. The summed E-state index contributed by atoms with van der Waals surface area (Å²) in [5.74, 6) is -1.96. The number of rotatable bonds is 6. The minimum Gasteiger partial charge on any atom is -0.457 e. The molecule has 0 fully saturated rings. The summed E-state index contributed by atoms with van der Waals surface area (Å²) in [5, 5.41) is 0. The van der Waals surface area contributed by atoms with Gasteiger partial charge in [0.15, 0.2) is 5.78 Å². The lowest BCUT2D eigenvalue weighted by Crippen LogP contribution is -2.04. The SMILES string of the molecule is O=C(c1ccc(Oc2ccc3c(c2)C(=O)OC3=O)cc1)c1ccccc1Oc1ccc2c(c1)C(=O)OC2=O. The van der Waals surface area contributed by atoms with Crippen molar-refractivity contribution in [3.8, 4) is 23.0 Å². The second kappa shape index (κ2) is 8.82. The monoisotopic (exact) mass is 506 g/mol. The molecule has 0 atom stereocenters. The first-order valence-corrected chi connectivity index (χ1v) is 11.3. The summed E-state index contributed by atoms with van der Waals surface area (Å²) in [6, 6.07) is 21.7. The molecule has 6 rings (SSSR count). The minimum absolute atomic E-state index is 0.0961. The van der Waals surface area contributed by atoms with Crippen LogP contribution < -0.4 is 9.47 Å². The summed E-state index contributed by atoms with van der Waals surface area (Å²) in [6.45, 7) is 0. The van der Waals surface area contributed by atoms with E-state index >= 15 is 0 Å². The number of ether oxygens (including phenoxy) is 4. The first kappa shape index (κ1) is 22.9. The van der Waals surface area contributed by atoms with Gasteiger partial charge in [-0.05, 0) is 72.8 Å². The van der Waals surface area contributed by atoms with Crippen LogP contribution in [0.15, 0.2) is 84.9 Å². The Morgan fingerprint density at radius 1 is 0.526 bits per heavy atom. The molecule has 0 N–H and O–H groups in total. The number of para-hydroxylation sites is 1. The van der Waals surface area contributed by atoms with Crippen molar-refractivity contribution in [3.05, 3.63) is 118 Å². The Hall–Kier alpha value is -5.57. The molecular formula is C29H14O9. The highest BCUT2D eigenvalue weighted by Crippen LogP contribution is 2.32. The molecule has 184 valence electrons. The molecule has 2 aliphatic rings. The highest BCUT2D eigenvalue weighted by Gasteiger charge is 2.31. The molecular weight excluding hydrogens is 492 g/mol. The lowest BCUT2D eigenvalue weighted by atomic mass is 10.0. The van der Waals surface area contributed by atoms with Gasteiger partial charge in [-0.1, -0.05) is 12.1 Å². The van der Waals surface area contributed by atoms with Crippen LogP contribution in [0.1, 0.15) is 57.4 Å². The Balaban J connectivity index is 1.21. The van der Waals surface area contributed by atoms with E-state index in [1.165, 1.54) is 30.3 Å². The summed E-state index contributed by atoms with van der Waals surface area (Å²) >= 11 is 0. The maximum atomic E-state index is 13.3. The Kier molecular flexibility index (Phi) is 5.31. The quantitative estimate of drug-likeness (QED) is 0.199. The number of carbonyl (C=O) groups excluding carboxylic acids is 5. The molecule has 4 aromatic rings.